The first kappa shape index (κ1) is 32.4. The molecule has 0 bridgehead atoms. The molecule has 2 heterocycles. The molecule has 2 aromatic rings. The van der Waals surface area contributed by atoms with Crippen molar-refractivity contribution in [3.05, 3.63) is 59.2 Å². The Bertz CT molecular complexity index is 1320. The zero-order valence-corrected chi connectivity index (χ0v) is 26.7. The molecule has 0 radical (unpaired) electrons. The molecule has 0 aliphatic carbocycles. The number of hydrogen-bond acceptors (Lipinski definition) is 6. The third kappa shape index (κ3) is 8.54. The maximum absolute atomic E-state index is 13.3. The molecule has 2 aromatic carbocycles. The van der Waals surface area contributed by atoms with E-state index in [1.807, 2.05) is 65.3 Å². The van der Waals surface area contributed by atoms with E-state index in [9.17, 15) is 9.59 Å². The molecule has 0 unspecified atom stereocenters. The highest BCUT2D eigenvalue weighted by Gasteiger charge is 2.25. The number of rotatable bonds is 12. The number of amidine groups is 1. The Kier molecular flexibility index (Phi) is 11.2. The van der Waals surface area contributed by atoms with Crippen LogP contribution in [0, 0.1) is 0 Å². The van der Waals surface area contributed by atoms with Crippen LogP contribution in [0.5, 0.6) is 0 Å². The van der Waals surface area contributed by atoms with Crippen molar-refractivity contribution in [2.45, 2.75) is 65.9 Å². The normalized spacial score (nSPS) is 15.8. The summed E-state index contributed by atoms with van der Waals surface area (Å²) in [5, 5.41) is 0. The number of nitrogens with two attached hydrogens (primary N) is 1. The van der Waals surface area contributed by atoms with E-state index in [-0.39, 0.29) is 17.4 Å². The van der Waals surface area contributed by atoms with Gasteiger partial charge in [-0.2, -0.15) is 0 Å². The minimum atomic E-state index is -0.122. The van der Waals surface area contributed by atoms with Crippen molar-refractivity contribution in [3.63, 3.8) is 0 Å². The fourth-order valence-corrected chi connectivity index (χ4v) is 5.82. The third-order valence-corrected chi connectivity index (χ3v) is 8.23. The highest BCUT2D eigenvalue weighted by Crippen LogP contribution is 2.32. The van der Waals surface area contributed by atoms with Gasteiger partial charge in [0.15, 0.2) is 0 Å². The molecule has 0 atom stereocenters. The molecule has 2 amide bonds. The maximum Gasteiger partial charge on any atom is 0.253 e. The molecule has 1 saturated heterocycles. The smallest absolute Gasteiger partial charge is 0.253 e. The summed E-state index contributed by atoms with van der Waals surface area (Å²) in [5.74, 6) is 0.538. The van der Waals surface area contributed by atoms with Crippen LogP contribution in [0.4, 0.5) is 5.69 Å². The van der Waals surface area contributed by atoms with Gasteiger partial charge in [-0.1, -0.05) is 38.1 Å². The Morgan fingerprint density at radius 3 is 2.23 bits per heavy atom. The van der Waals surface area contributed by atoms with Crippen LogP contribution in [0.2, 0.25) is 0 Å². The number of carbonyl (C=O) groups excluding carboxylic acids is 2. The highest BCUT2D eigenvalue weighted by molar-refractivity contribution is 6.05. The van der Waals surface area contributed by atoms with Crippen LogP contribution >= 0.6 is 0 Å². The average molecular weight is 588 g/mol. The van der Waals surface area contributed by atoms with E-state index in [0.29, 0.717) is 23.4 Å². The van der Waals surface area contributed by atoms with E-state index in [0.717, 1.165) is 94.1 Å². The van der Waals surface area contributed by atoms with Crippen LogP contribution < -0.4 is 5.73 Å². The second-order valence-corrected chi connectivity index (χ2v) is 12.2. The summed E-state index contributed by atoms with van der Waals surface area (Å²) in [6.07, 6.45) is 5.08. The lowest BCUT2D eigenvalue weighted by molar-refractivity contribution is -0.127. The van der Waals surface area contributed by atoms with Crippen LogP contribution in [-0.4, -0.2) is 90.4 Å². The standard InChI is InChI=1S/C35H49N5O3/c1-6-16-39(17-7-2)34(42)30-23-29-14-13-28(24-31(29)37-32(36)25-30)26-9-11-27(12-10-26)33(41)40-21-19-38(20-22-40)18-15-35(4,5)43-8-3/h9-14,23-24H,6-8,15-22,25H2,1-5H3,(H2,36,37). The zero-order chi connectivity index (χ0) is 31.0. The number of fused-ring (bicyclic) bond motifs is 1. The van der Waals surface area contributed by atoms with Crippen molar-refractivity contribution < 1.29 is 14.3 Å². The van der Waals surface area contributed by atoms with Crippen LogP contribution in [0.1, 0.15) is 76.2 Å². The van der Waals surface area contributed by atoms with Gasteiger partial charge in [0.1, 0.15) is 5.84 Å². The summed E-state index contributed by atoms with van der Waals surface area (Å²) < 4.78 is 5.83. The minimum Gasteiger partial charge on any atom is -0.387 e. The summed E-state index contributed by atoms with van der Waals surface area (Å²) in [4.78, 5) is 37.5. The van der Waals surface area contributed by atoms with E-state index in [1.165, 1.54) is 0 Å². The van der Waals surface area contributed by atoms with Gasteiger partial charge in [-0.25, -0.2) is 4.99 Å². The molecule has 0 spiro atoms. The van der Waals surface area contributed by atoms with E-state index in [1.54, 1.807) is 0 Å². The molecule has 8 nitrogen and oxygen atoms in total. The van der Waals surface area contributed by atoms with Gasteiger partial charge in [0, 0.05) is 75.5 Å². The summed E-state index contributed by atoms with van der Waals surface area (Å²) in [5.41, 5.74) is 11.1. The van der Waals surface area contributed by atoms with Crippen molar-refractivity contribution in [2.75, 3.05) is 52.4 Å². The van der Waals surface area contributed by atoms with Crippen LogP contribution in [0.15, 0.2) is 53.0 Å². The van der Waals surface area contributed by atoms with Gasteiger partial charge in [-0.3, -0.25) is 14.5 Å². The molecular weight excluding hydrogens is 538 g/mol. The fraction of sp³-hybridized carbons (Fsp3) is 0.514. The number of piperazine rings is 1. The maximum atomic E-state index is 13.3. The Labute approximate surface area is 257 Å². The Morgan fingerprint density at radius 2 is 1.60 bits per heavy atom. The van der Waals surface area contributed by atoms with E-state index in [2.05, 4.69) is 37.6 Å². The molecule has 43 heavy (non-hydrogen) atoms. The molecule has 4 rings (SSSR count). The molecule has 0 aromatic heterocycles. The lowest BCUT2D eigenvalue weighted by atomic mass is 9.99. The van der Waals surface area contributed by atoms with Crippen molar-refractivity contribution >= 4 is 29.4 Å². The lowest BCUT2D eigenvalue weighted by Crippen LogP contribution is -2.49. The van der Waals surface area contributed by atoms with Crippen molar-refractivity contribution in [2.24, 2.45) is 10.7 Å². The number of nitrogens with zero attached hydrogens (tertiary/aromatic N) is 4. The largest absolute Gasteiger partial charge is 0.387 e. The van der Waals surface area contributed by atoms with Gasteiger partial charge in [-0.15, -0.1) is 0 Å². The van der Waals surface area contributed by atoms with Crippen molar-refractivity contribution in [3.8, 4) is 11.1 Å². The number of benzene rings is 2. The highest BCUT2D eigenvalue weighted by atomic mass is 16.5. The van der Waals surface area contributed by atoms with Crippen LogP contribution in [-0.2, 0) is 9.53 Å². The number of carbonyl (C=O) groups is 2. The monoisotopic (exact) mass is 587 g/mol. The number of hydrogen-bond donors (Lipinski definition) is 1. The summed E-state index contributed by atoms with van der Waals surface area (Å²) in [6.45, 7) is 16.8. The first-order valence-corrected chi connectivity index (χ1v) is 15.9. The van der Waals surface area contributed by atoms with Gasteiger partial charge in [0.2, 0.25) is 5.91 Å². The molecule has 2 N–H and O–H groups in total. The summed E-state index contributed by atoms with van der Waals surface area (Å²) in [7, 11) is 0. The predicted molar refractivity (Wildman–Crippen MR) is 176 cm³/mol. The van der Waals surface area contributed by atoms with E-state index < -0.39 is 0 Å². The molecular formula is C35H49N5O3. The summed E-state index contributed by atoms with van der Waals surface area (Å²) in [6, 6.07) is 13.8. The van der Waals surface area contributed by atoms with Crippen molar-refractivity contribution in [1.82, 2.24) is 14.7 Å². The zero-order valence-electron chi connectivity index (χ0n) is 26.7. The molecule has 2 aliphatic heterocycles. The molecule has 0 saturated carbocycles. The topological polar surface area (TPSA) is 91.5 Å². The first-order chi connectivity index (χ1) is 20.6. The number of amides is 2. The number of ether oxygens (including phenoxy) is 1. The summed E-state index contributed by atoms with van der Waals surface area (Å²) >= 11 is 0. The second kappa shape index (κ2) is 14.8. The van der Waals surface area contributed by atoms with E-state index >= 15 is 0 Å². The predicted octanol–water partition coefficient (Wildman–Crippen LogP) is 5.74. The van der Waals surface area contributed by atoms with Crippen LogP contribution in [0.3, 0.4) is 0 Å². The SMILES string of the molecule is CCCN(CCC)C(=O)C1=Cc2ccc(-c3ccc(C(=O)N4CCN(CCC(C)(C)OCC)CC4)cc3)cc2N=C(N)C1. The van der Waals surface area contributed by atoms with Gasteiger partial charge >= 0.3 is 0 Å². The van der Waals surface area contributed by atoms with Gasteiger partial charge in [0.05, 0.1) is 11.3 Å². The molecule has 2 aliphatic rings. The first-order valence-electron chi connectivity index (χ1n) is 15.9. The van der Waals surface area contributed by atoms with Crippen molar-refractivity contribution in [1.29, 1.82) is 0 Å². The van der Waals surface area contributed by atoms with Gasteiger partial charge in [-0.05, 0) is 75.4 Å². The average Bonchev–Trinajstić information content (AvgIpc) is 3.17. The third-order valence-electron chi connectivity index (χ3n) is 8.23. The Balaban J connectivity index is 1.41. The fourth-order valence-electron chi connectivity index (χ4n) is 5.82. The Hall–Kier alpha value is -3.49. The second-order valence-electron chi connectivity index (χ2n) is 12.2. The molecule has 232 valence electrons. The molecule has 1 fully saturated rings. The Morgan fingerprint density at radius 1 is 0.953 bits per heavy atom. The lowest BCUT2D eigenvalue weighted by Gasteiger charge is -2.36. The van der Waals surface area contributed by atoms with E-state index in [4.69, 9.17) is 10.5 Å². The van der Waals surface area contributed by atoms with Crippen LogP contribution in [0.25, 0.3) is 17.2 Å². The van der Waals surface area contributed by atoms with Gasteiger partial charge < -0.3 is 20.3 Å². The van der Waals surface area contributed by atoms with Gasteiger partial charge in [0.25, 0.3) is 5.91 Å². The quantitative estimate of drug-likeness (QED) is 0.342. The number of aliphatic imine (C=N–C) groups is 1. The molecule has 8 heteroatoms. The minimum absolute atomic E-state index is 0.0333.